The van der Waals surface area contributed by atoms with Crippen LogP contribution in [0.1, 0.15) is 18.1 Å². The minimum Gasteiger partial charge on any atom is -0.454 e. The van der Waals surface area contributed by atoms with E-state index in [4.69, 9.17) is 18.9 Å². The smallest absolute Gasteiger partial charge is 0.244 e. The molecular formula is C23H22N2O6. The van der Waals surface area contributed by atoms with Crippen LogP contribution in [0.3, 0.4) is 0 Å². The van der Waals surface area contributed by atoms with Gasteiger partial charge in [-0.3, -0.25) is 9.59 Å². The third kappa shape index (κ3) is 5.36. The van der Waals surface area contributed by atoms with Crippen molar-refractivity contribution in [2.75, 3.05) is 20.1 Å². The van der Waals surface area contributed by atoms with E-state index in [1.807, 2.05) is 25.1 Å². The van der Waals surface area contributed by atoms with Gasteiger partial charge in [-0.05, 0) is 54.5 Å². The molecule has 4 rings (SSSR count). The van der Waals surface area contributed by atoms with Crippen LogP contribution in [0.15, 0.2) is 48.6 Å². The molecule has 0 aliphatic carbocycles. The Hall–Kier alpha value is -3.94. The van der Waals surface area contributed by atoms with E-state index in [1.165, 1.54) is 12.2 Å². The van der Waals surface area contributed by atoms with Gasteiger partial charge in [0.15, 0.2) is 23.0 Å². The van der Waals surface area contributed by atoms with Crippen molar-refractivity contribution < 1.29 is 28.5 Å². The topological polar surface area (TPSA) is 95.1 Å². The van der Waals surface area contributed by atoms with Gasteiger partial charge >= 0.3 is 0 Å². The third-order valence-electron chi connectivity index (χ3n) is 4.62. The number of ether oxygens (including phenoxy) is 4. The van der Waals surface area contributed by atoms with Crippen LogP contribution in [0.5, 0.6) is 23.0 Å². The molecule has 8 heteroatoms. The predicted molar refractivity (Wildman–Crippen MR) is 114 cm³/mol. The molecule has 0 aromatic heterocycles. The summed E-state index contributed by atoms with van der Waals surface area (Å²) in [7, 11) is 0. The monoisotopic (exact) mass is 422 g/mol. The van der Waals surface area contributed by atoms with E-state index in [2.05, 4.69) is 10.6 Å². The summed E-state index contributed by atoms with van der Waals surface area (Å²) in [6.45, 7) is 2.53. The van der Waals surface area contributed by atoms with Gasteiger partial charge in [-0.2, -0.15) is 0 Å². The van der Waals surface area contributed by atoms with E-state index < -0.39 is 0 Å². The lowest BCUT2D eigenvalue weighted by Gasteiger charge is -2.12. The van der Waals surface area contributed by atoms with E-state index in [0.717, 1.165) is 11.1 Å². The van der Waals surface area contributed by atoms with Gasteiger partial charge in [-0.15, -0.1) is 0 Å². The zero-order valence-corrected chi connectivity index (χ0v) is 16.9. The number of hydrogen-bond donors (Lipinski definition) is 2. The largest absolute Gasteiger partial charge is 0.454 e. The highest BCUT2D eigenvalue weighted by atomic mass is 16.7. The van der Waals surface area contributed by atoms with Crippen LogP contribution in [-0.4, -0.2) is 38.0 Å². The highest BCUT2D eigenvalue weighted by molar-refractivity contribution is 5.93. The Labute approximate surface area is 179 Å². The Morgan fingerprint density at radius 1 is 0.839 bits per heavy atom. The van der Waals surface area contributed by atoms with Gasteiger partial charge in [0.05, 0.1) is 0 Å². The second-order valence-electron chi connectivity index (χ2n) is 7.05. The number of hydrogen-bond acceptors (Lipinski definition) is 6. The van der Waals surface area contributed by atoms with Gasteiger partial charge in [0.25, 0.3) is 0 Å². The molecule has 31 heavy (non-hydrogen) atoms. The van der Waals surface area contributed by atoms with E-state index in [-0.39, 0.29) is 31.4 Å². The molecule has 2 aliphatic heterocycles. The van der Waals surface area contributed by atoms with Crippen molar-refractivity contribution in [3.8, 4) is 23.0 Å². The van der Waals surface area contributed by atoms with Crippen molar-refractivity contribution in [3.63, 3.8) is 0 Å². The molecular weight excluding hydrogens is 400 g/mol. The maximum absolute atomic E-state index is 12.1. The Kier molecular flexibility index (Phi) is 6.07. The van der Waals surface area contributed by atoms with Crippen LogP contribution in [0.25, 0.3) is 12.2 Å². The van der Waals surface area contributed by atoms with Crippen molar-refractivity contribution in [1.29, 1.82) is 0 Å². The van der Waals surface area contributed by atoms with Crippen LogP contribution in [-0.2, 0) is 9.59 Å². The Morgan fingerprint density at radius 3 is 1.94 bits per heavy atom. The standard InChI is InChI=1S/C23H22N2O6/c1-15(25-23(27)9-5-17-3-7-19-21(11-17)31-14-29-19)12-24-22(26)8-4-16-2-6-18-20(10-16)30-13-28-18/h2-11,15H,12-14H2,1H3,(H,24,26)(H,25,27). The second-order valence-corrected chi connectivity index (χ2v) is 7.05. The van der Waals surface area contributed by atoms with Gasteiger partial charge in [0, 0.05) is 24.7 Å². The maximum atomic E-state index is 12.1. The molecule has 0 bridgehead atoms. The van der Waals surface area contributed by atoms with Crippen molar-refractivity contribution in [2.45, 2.75) is 13.0 Å². The molecule has 1 atom stereocenters. The minimum absolute atomic E-state index is 0.206. The van der Waals surface area contributed by atoms with Crippen LogP contribution >= 0.6 is 0 Å². The zero-order valence-electron chi connectivity index (χ0n) is 16.9. The van der Waals surface area contributed by atoms with E-state index >= 15 is 0 Å². The first-order valence-electron chi connectivity index (χ1n) is 9.80. The van der Waals surface area contributed by atoms with E-state index in [0.29, 0.717) is 29.5 Å². The van der Waals surface area contributed by atoms with E-state index in [9.17, 15) is 9.59 Å². The molecule has 0 fully saturated rings. The highest BCUT2D eigenvalue weighted by Crippen LogP contribution is 2.33. The molecule has 2 heterocycles. The van der Waals surface area contributed by atoms with Gasteiger partial charge in [0.2, 0.25) is 25.4 Å². The second kappa shape index (κ2) is 9.25. The lowest BCUT2D eigenvalue weighted by molar-refractivity contribution is -0.118. The SMILES string of the molecule is CC(CNC(=O)C=Cc1ccc2c(c1)OCO2)NC(=O)C=Cc1ccc2c(c1)OCO2. The minimum atomic E-state index is -0.255. The van der Waals surface area contributed by atoms with Crippen molar-refractivity contribution >= 4 is 24.0 Å². The van der Waals surface area contributed by atoms with Gasteiger partial charge in [-0.1, -0.05) is 12.1 Å². The molecule has 2 aromatic carbocycles. The quantitative estimate of drug-likeness (QED) is 0.666. The molecule has 0 saturated heterocycles. The third-order valence-corrected chi connectivity index (χ3v) is 4.62. The van der Waals surface area contributed by atoms with Crippen LogP contribution < -0.4 is 29.6 Å². The van der Waals surface area contributed by atoms with E-state index in [1.54, 1.807) is 30.4 Å². The number of benzene rings is 2. The number of fused-ring (bicyclic) bond motifs is 2. The number of rotatable bonds is 7. The van der Waals surface area contributed by atoms with Crippen LogP contribution in [0.2, 0.25) is 0 Å². The first-order chi connectivity index (χ1) is 15.1. The summed E-state index contributed by atoms with van der Waals surface area (Å²) >= 11 is 0. The predicted octanol–water partition coefficient (Wildman–Crippen LogP) is 2.49. The molecule has 2 N–H and O–H groups in total. The average molecular weight is 422 g/mol. The first-order valence-corrected chi connectivity index (χ1v) is 9.80. The lowest BCUT2D eigenvalue weighted by Crippen LogP contribution is -2.40. The Balaban J connectivity index is 1.20. The maximum Gasteiger partial charge on any atom is 0.244 e. The number of carbonyl (C=O) groups is 2. The molecule has 0 spiro atoms. The summed E-state index contributed by atoms with van der Waals surface area (Å²) in [5.41, 5.74) is 1.66. The van der Waals surface area contributed by atoms with Gasteiger partial charge in [0.1, 0.15) is 0 Å². The number of amides is 2. The fraction of sp³-hybridized carbons (Fsp3) is 0.217. The van der Waals surface area contributed by atoms with Crippen molar-refractivity contribution in [3.05, 3.63) is 59.7 Å². The molecule has 0 radical (unpaired) electrons. The lowest BCUT2D eigenvalue weighted by atomic mass is 10.2. The summed E-state index contributed by atoms with van der Waals surface area (Å²) in [4.78, 5) is 24.1. The van der Waals surface area contributed by atoms with Crippen LogP contribution in [0, 0.1) is 0 Å². The molecule has 1 unspecified atom stereocenters. The summed E-state index contributed by atoms with van der Waals surface area (Å²) in [5.74, 6) is 2.20. The summed E-state index contributed by atoms with van der Waals surface area (Å²) in [6, 6.07) is 10.7. The normalized spacial score (nSPS) is 14.7. The molecule has 8 nitrogen and oxygen atoms in total. The number of nitrogens with one attached hydrogen (secondary N) is 2. The Morgan fingerprint density at radius 2 is 1.35 bits per heavy atom. The van der Waals surface area contributed by atoms with Crippen LogP contribution in [0.4, 0.5) is 0 Å². The van der Waals surface area contributed by atoms with Crippen molar-refractivity contribution in [2.24, 2.45) is 0 Å². The zero-order chi connectivity index (χ0) is 21.6. The fourth-order valence-electron chi connectivity index (χ4n) is 3.03. The Bertz CT molecular complexity index is 1050. The molecule has 2 amide bonds. The first kappa shape index (κ1) is 20.3. The molecule has 160 valence electrons. The average Bonchev–Trinajstić information content (AvgIpc) is 3.43. The molecule has 0 saturated carbocycles. The fourth-order valence-corrected chi connectivity index (χ4v) is 3.03. The van der Waals surface area contributed by atoms with Gasteiger partial charge in [-0.25, -0.2) is 0 Å². The van der Waals surface area contributed by atoms with Gasteiger partial charge < -0.3 is 29.6 Å². The summed E-state index contributed by atoms with van der Waals surface area (Å²) in [6.07, 6.45) is 6.26. The highest BCUT2D eigenvalue weighted by Gasteiger charge is 2.13. The molecule has 2 aromatic rings. The summed E-state index contributed by atoms with van der Waals surface area (Å²) in [5, 5.41) is 5.57. The van der Waals surface area contributed by atoms with Crippen molar-refractivity contribution in [1.82, 2.24) is 10.6 Å². The number of carbonyl (C=O) groups excluding carboxylic acids is 2. The molecule has 2 aliphatic rings. The summed E-state index contributed by atoms with van der Waals surface area (Å²) < 4.78 is 21.2.